The second-order valence-electron chi connectivity index (χ2n) is 5.51. The summed E-state index contributed by atoms with van der Waals surface area (Å²) in [6.07, 6.45) is 0.186. The van der Waals surface area contributed by atoms with Gasteiger partial charge in [-0.2, -0.15) is 0 Å². The molecule has 0 atom stereocenters. The zero-order chi connectivity index (χ0) is 14.4. The van der Waals surface area contributed by atoms with Crippen LogP contribution >= 0.6 is 0 Å². The molecule has 0 spiro atoms. The molecule has 19 heavy (non-hydrogen) atoms. The molecule has 1 aromatic carbocycles. The van der Waals surface area contributed by atoms with Gasteiger partial charge in [-0.15, -0.1) is 0 Å². The third-order valence-electron chi connectivity index (χ3n) is 3.35. The van der Waals surface area contributed by atoms with Gasteiger partial charge in [0.2, 0.25) is 9.84 Å². The van der Waals surface area contributed by atoms with Crippen molar-refractivity contribution in [3.8, 4) is 0 Å². The van der Waals surface area contributed by atoms with Gasteiger partial charge >= 0.3 is 5.97 Å². The van der Waals surface area contributed by atoms with Crippen molar-refractivity contribution in [1.29, 1.82) is 0 Å². The fourth-order valence-electron chi connectivity index (χ4n) is 2.28. The molecule has 102 valence electrons. The van der Waals surface area contributed by atoms with Gasteiger partial charge in [0.15, 0.2) is 0 Å². The van der Waals surface area contributed by atoms with Crippen molar-refractivity contribution in [2.24, 2.45) is 5.41 Å². The molecule has 0 bridgehead atoms. The van der Waals surface area contributed by atoms with E-state index < -0.39 is 21.2 Å². The van der Waals surface area contributed by atoms with Gasteiger partial charge in [-0.25, -0.2) is 8.42 Å². The fourth-order valence-corrected chi connectivity index (χ4v) is 4.03. The number of rotatable bonds is 3. The normalized spacial score (nSPS) is 16.9. The highest BCUT2D eigenvalue weighted by atomic mass is 32.2. The van der Waals surface area contributed by atoms with E-state index >= 15 is 0 Å². The Hall–Kier alpha value is -1.62. The van der Waals surface area contributed by atoms with Gasteiger partial charge in [-0.3, -0.25) is 4.79 Å². The van der Waals surface area contributed by atoms with Gasteiger partial charge in [0.05, 0.1) is 10.3 Å². The van der Waals surface area contributed by atoms with Crippen molar-refractivity contribution in [3.05, 3.63) is 34.7 Å². The summed E-state index contributed by atoms with van der Waals surface area (Å²) in [7, 11) is -3.44. The van der Waals surface area contributed by atoms with Gasteiger partial charge in [-0.05, 0) is 43.9 Å². The maximum atomic E-state index is 12.1. The highest BCUT2D eigenvalue weighted by Gasteiger charge is 2.33. The van der Waals surface area contributed by atoms with E-state index in [1.807, 2.05) is 0 Å². The van der Waals surface area contributed by atoms with Crippen LogP contribution in [0.15, 0.2) is 28.5 Å². The summed E-state index contributed by atoms with van der Waals surface area (Å²) in [5.41, 5.74) is 0.947. The van der Waals surface area contributed by atoms with Crippen molar-refractivity contribution in [1.82, 2.24) is 0 Å². The minimum absolute atomic E-state index is 0.186. The maximum absolute atomic E-state index is 12.1. The molecule has 1 aliphatic rings. The Bertz CT molecular complexity index is 681. The molecule has 1 heterocycles. The first kappa shape index (κ1) is 13.8. The second kappa shape index (κ2) is 4.20. The monoisotopic (exact) mass is 280 g/mol. The number of carboxylic acid groups (broad SMARTS) is 1. The highest BCUT2D eigenvalue weighted by molar-refractivity contribution is 7.95. The van der Waals surface area contributed by atoms with Crippen molar-refractivity contribution in [2.45, 2.75) is 32.1 Å². The van der Waals surface area contributed by atoms with Crippen LogP contribution in [0.25, 0.3) is 5.57 Å². The smallest absolute Gasteiger partial charge is 0.309 e. The molecule has 1 aliphatic heterocycles. The van der Waals surface area contributed by atoms with E-state index in [0.717, 1.165) is 0 Å². The Morgan fingerprint density at radius 1 is 1.32 bits per heavy atom. The average molecular weight is 280 g/mol. The zero-order valence-electron chi connectivity index (χ0n) is 11.1. The van der Waals surface area contributed by atoms with Gasteiger partial charge in [0, 0.05) is 5.41 Å². The molecule has 0 fully saturated rings. The topological polar surface area (TPSA) is 71.4 Å². The molecule has 5 heteroatoms. The summed E-state index contributed by atoms with van der Waals surface area (Å²) in [6, 6.07) is 5.21. The number of carbonyl (C=O) groups is 1. The molecule has 0 saturated carbocycles. The number of benzene rings is 1. The van der Waals surface area contributed by atoms with Crippen LogP contribution in [-0.2, 0) is 21.1 Å². The second-order valence-corrected chi connectivity index (χ2v) is 7.24. The van der Waals surface area contributed by atoms with E-state index in [2.05, 4.69) is 0 Å². The molecule has 0 radical (unpaired) electrons. The fraction of sp³-hybridized carbons (Fsp3) is 0.357. The van der Waals surface area contributed by atoms with Gasteiger partial charge in [-0.1, -0.05) is 18.2 Å². The SMILES string of the molecule is CC1=CS(=O)(=O)c2c(CC(C)(C)C(=O)O)cccc21. The molecule has 1 aromatic rings. The van der Waals surface area contributed by atoms with Crippen molar-refractivity contribution in [3.63, 3.8) is 0 Å². The van der Waals surface area contributed by atoms with E-state index in [1.54, 1.807) is 39.0 Å². The van der Waals surface area contributed by atoms with Crippen LogP contribution in [0.3, 0.4) is 0 Å². The molecule has 1 N–H and O–H groups in total. The van der Waals surface area contributed by atoms with E-state index in [9.17, 15) is 18.3 Å². The third-order valence-corrected chi connectivity index (χ3v) is 5.06. The lowest BCUT2D eigenvalue weighted by Crippen LogP contribution is -2.26. The molecule has 0 unspecified atom stereocenters. The summed E-state index contributed by atoms with van der Waals surface area (Å²) < 4.78 is 24.2. The Morgan fingerprint density at radius 2 is 1.95 bits per heavy atom. The lowest BCUT2D eigenvalue weighted by molar-refractivity contribution is -0.146. The van der Waals surface area contributed by atoms with Gasteiger partial charge in [0.1, 0.15) is 0 Å². The highest BCUT2D eigenvalue weighted by Crippen LogP contribution is 2.37. The van der Waals surface area contributed by atoms with E-state index in [0.29, 0.717) is 16.7 Å². The lowest BCUT2D eigenvalue weighted by Gasteiger charge is -2.20. The summed E-state index contributed by atoms with van der Waals surface area (Å²) in [6.45, 7) is 4.93. The first-order chi connectivity index (χ1) is 8.65. The standard InChI is InChI=1S/C14H16O4S/c1-9-8-19(17,18)12-10(5-4-6-11(9)12)7-14(2,3)13(15)16/h4-6,8H,7H2,1-3H3,(H,15,16). The average Bonchev–Trinajstić information content (AvgIpc) is 2.49. The molecular formula is C14H16O4S. The van der Waals surface area contributed by atoms with Crippen molar-refractivity contribution < 1.29 is 18.3 Å². The number of fused-ring (bicyclic) bond motifs is 1. The molecule has 0 aliphatic carbocycles. The molecule has 4 nitrogen and oxygen atoms in total. The van der Waals surface area contributed by atoms with Gasteiger partial charge in [0.25, 0.3) is 0 Å². The quantitative estimate of drug-likeness (QED) is 0.923. The Balaban J connectivity index is 2.57. The number of allylic oxidation sites excluding steroid dienone is 1. The first-order valence-corrected chi connectivity index (χ1v) is 7.49. The van der Waals surface area contributed by atoms with Crippen LogP contribution < -0.4 is 0 Å². The molecule has 0 amide bonds. The number of sulfone groups is 1. The van der Waals surface area contributed by atoms with Crippen LogP contribution in [0.5, 0.6) is 0 Å². The van der Waals surface area contributed by atoms with Gasteiger partial charge < -0.3 is 5.11 Å². The summed E-state index contributed by atoms with van der Waals surface area (Å²) >= 11 is 0. The molecule has 0 saturated heterocycles. The number of carboxylic acids is 1. The largest absolute Gasteiger partial charge is 0.481 e. The zero-order valence-corrected chi connectivity index (χ0v) is 11.9. The van der Waals surface area contributed by atoms with Crippen LogP contribution in [0.2, 0.25) is 0 Å². The van der Waals surface area contributed by atoms with E-state index in [4.69, 9.17) is 0 Å². The Kier molecular flexibility index (Phi) is 3.05. The van der Waals surface area contributed by atoms with E-state index in [-0.39, 0.29) is 11.3 Å². The van der Waals surface area contributed by atoms with Crippen LogP contribution in [0, 0.1) is 5.41 Å². The third kappa shape index (κ3) is 2.30. The van der Waals surface area contributed by atoms with E-state index in [1.165, 1.54) is 5.41 Å². The minimum Gasteiger partial charge on any atom is -0.481 e. The first-order valence-electron chi connectivity index (χ1n) is 5.94. The molecular weight excluding hydrogens is 264 g/mol. The van der Waals surface area contributed by atoms with Crippen LogP contribution in [0.4, 0.5) is 0 Å². The maximum Gasteiger partial charge on any atom is 0.309 e. The predicted molar refractivity (Wildman–Crippen MR) is 72.4 cm³/mol. The Labute approximate surface area is 112 Å². The van der Waals surface area contributed by atoms with Crippen molar-refractivity contribution in [2.75, 3.05) is 0 Å². The number of aliphatic carboxylic acids is 1. The van der Waals surface area contributed by atoms with Crippen LogP contribution in [0.1, 0.15) is 31.9 Å². The Morgan fingerprint density at radius 3 is 2.53 bits per heavy atom. The molecule has 2 rings (SSSR count). The summed E-state index contributed by atoms with van der Waals surface area (Å²) in [5.74, 6) is -0.940. The number of hydrogen-bond donors (Lipinski definition) is 1. The minimum atomic E-state index is -3.44. The predicted octanol–water partition coefficient (Wildman–Crippen LogP) is 2.49. The summed E-state index contributed by atoms with van der Waals surface area (Å²) in [5, 5.41) is 10.4. The lowest BCUT2D eigenvalue weighted by atomic mass is 9.85. The summed E-state index contributed by atoms with van der Waals surface area (Å²) in [4.78, 5) is 11.5. The van der Waals surface area contributed by atoms with Crippen LogP contribution in [-0.4, -0.2) is 19.5 Å². The van der Waals surface area contributed by atoms with Crippen molar-refractivity contribution >= 4 is 21.4 Å². The molecule has 0 aromatic heterocycles. The number of hydrogen-bond acceptors (Lipinski definition) is 3.